The molecule has 1 amide bonds. The molecule has 0 saturated heterocycles. The molecule has 5 heteroatoms. The van der Waals surface area contributed by atoms with E-state index >= 15 is 0 Å². The van der Waals surface area contributed by atoms with Crippen molar-refractivity contribution in [1.29, 1.82) is 0 Å². The second-order valence-corrected chi connectivity index (χ2v) is 4.39. The Bertz CT molecular complexity index is 420. The van der Waals surface area contributed by atoms with Gasteiger partial charge in [-0.3, -0.25) is 14.5 Å². The van der Waals surface area contributed by atoms with Gasteiger partial charge in [0.2, 0.25) is 5.91 Å². The number of aliphatic carboxylic acids is 1. The van der Waals surface area contributed by atoms with Crippen molar-refractivity contribution < 1.29 is 14.7 Å². The third kappa shape index (κ3) is 5.09. The van der Waals surface area contributed by atoms with E-state index in [4.69, 9.17) is 5.11 Å². The molecule has 5 nitrogen and oxygen atoms in total. The summed E-state index contributed by atoms with van der Waals surface area (Å²) in [6.45, 7) is 2.56. The molecule has 0 spiro atoms. The maximum absolute atomic E-state index is 12.1. The van der Waals surface area contributed by atoms with E-state index < -0.39 is 5.97 Å². The molecule has 19 heavy (non-hydrogen) atoms. The number of hydrogen-bond acceptors (Lipinski definition) is 3. The van der Waals surface area contributed by atoms with E-state index in [0.717, 1.165) is 12.1 Å². The molecular formula is C14H20N2O3. The maximum atomic E-state index is 12.1. The van der Waals surface area contributed by atoms with E-state index in [9.17, 15) is 9.59 Å². The number of rotatable bonds is 7. The second-order valence-electron chi connectivity index (χ2n) is 4.39. The lowest BCUT2D eigenvalue weighted by Gasteiger charge is -2.23. The van der Waals surface area contributed by atoms with E-state index in [0.29, 0.717) is 6.54 Å². The van der Waals surface area contributed by atoms with Crippen LogP contribution < -0.4 is 4.90 Å². The summed E-state index contributed by atoms with van der Waals surface area (Å²) in [7, 11) is 1.70. The normalized spacial score (nSPS) is 10.5. The molecule has 0 radical (unpaired) electrons. The average Bonchev–Trinajstić information content (AvgIpc) is 2.38. The molecule has 104 valence electrons. The Morgan fingerprint density at radius 1 is 1.16 bits per heavy atom. The maximum Gasteiger partial charge on any atom is 0.317 e. The molecule has 0 aliphatic rings. The highest BCUT2D eigenvalue weighted by molar-refractivity contribution is 5.94. The molecule has 0 fully saturated rings. The van der Waals surface area contributed by atoms with Crippen molar-refractivity contribution in [3.05, 3.63) is 30.3 Å². The van der Waals surface area contributed by atoms with Crippen LogP contribution >= 0.6 is 0 Å². The van der Waals surface area contributed by atoms with Crippen molar-refractivity contribution in [1.82, 2.24) is 4.90 Å². The van der Waals surface area contributed by atoms with Gasteiger partial charge in [-0.1, -0.05) is 25.1 Å². The molecule has 0 heterocycles. The Morgan fingerprint density at radius 2 is 1.79 bits per heavy atom. The molecule has 1 N–H and O–H groups in total. The van der Waals surface area contributed by atoms with Gasteiger partial charge in [0.15, 0.2) is 0 Å². The number of amides is 1. The number of carbonyl (C=O) groups is 2. The number of benzene rings is 1. The number of likely N-dealkylation sites (N-methyl/N-ethyl adjacent to an activating group) is 1. The fourth-order valence-electron chi connectivity index (χ4n) is 1.81. The predicted octanol–water partition coefficient (Wildman–Crippen LogP) is 1.45. The third-order valence-electron chi connectivity index (χ3n) is 2.78. The van der Waals surface area contributed by atoms with Crippen molar-refractivity contribution in [3.63, 3.8) is 0 Å². The van der Waals surface area contributed by atoms with Crippen LogP contribution in [0, 0.1) is 0 Å². The molecule has 0 bridgehead atoms. The fourth-order valence-corrected chi connectivity index (χ4v) is 1.81. The lowest BCUT2D eigenvalue weighted by atomic mass is 10.3. The number of carbonyl (C=O) groups excluding carboxylic acids is 1. The van der Waals surface area contributed by atoms with E-state index in [-0.39, 0.29) is 19.0 Å². The quantitative estimate of drug-likeness (QED) is 0.809. The Labute approximate surface area is 113 Å². The van der Waals surface area contributed by atoms with Crippen molar-refractivity contribution in [2.45, 2.75) is 13.3 Å². The summed E-state index contributed by atoms with van der Waals surface area (Å²) in [4.78, 5) is 26.0. The zero-order valence-electron chi connectivity index (χ0n) is 11.4. The van der Waals surface area contributed by atoms with E-state index in [1.807, 2.05) is 37.3 Å². The first kappa shape index (κ1) is 15.2. The molecule has 1 aromatic carbocycles. The average molecular weight is 264 g/mol. The summed E-state index contributed by atoms with van der Waals surface area (Å²) in [6, 6.07) is 9.30. The van der Waals surface area contributed by atoms with Gasteiger partial charge in [0.1, 0.15) is 0 Å². The van der Waals surface area contributed by atoms with Crippen LogP contribution in [0.15, 0.2) is 30.3 Å². The first-order chi connectivity index (χ1) is 9.04. The molecule has 0 aliphatic carbocycles. The zero-order valence-corrected chi connectivity index (χ0v) is 11.4. The highest BCUT2D eigenvalue weighted by atomic mass is 16.4. The Hall–Kier alpha value is -1.88. The first-order valence-electron chi connectivity index (χ1n) is 6.30. The number of hydrogen-bond donors (Lipinski definition) is 1. The number of carboxylic acid groups (broad SMARTS) is 1. The van der Waals surface area contributed by atoms with Crippen LogP contribution in [0.2, 0.25) is 0 Å². The minimum absolute atomic E-state index is 0.109. The monoisotopic (exact) mass is 264 g/mol. The van der Waals surface area contributed by atoms with Gasteiger partial charge >= 0.3 is 5.97 Å². The highest BCUT2D eigenvalue weighted by Crippen LogP contribution is 2.11. The van der Waals surface area contributed by atoms with Crippen molar-refractivity contribution in [2.24, 2.45) is 0 Å². The molecule has 0 saturated carbocycles. The Morgan fingerprint density at radius 3 is 2.32 bits per heavy atom. The van der Waals surface area contributed by atoms with Gasteiger partial charge in [0, 0.05) is 12.7 Å². The SMILES string of the molecule is CCCN(CC(=O)O)CC(=O)N(C)c1ccccc1. The summed E-state index contributed by atoms with van der Waals surface area (Å²) in [6.07, 6.45) is 0.815. The van der Waals surface area contributed by atoms with Crippen LogP contribution in [0.4, 0.5) is 5.69 Å². The lowest BCUT2D eigenvalue weighted by molar-refractivity contribution is -0.138. The topological polar surface area (TPSA) is 60.9 Å². The second kappa shape index (κ2) is 7.53. The smallest absolute Gasteiger partial charge is 0.317 e. The molecule has 1 aromatic rings. The Balaban J connectivity index is 2.63. The molecule has 0 unspecified atom stereocenters. The molecule has 0 aromatic heterocycles. The summed E-state index contributed by atoms with van der Waals surface area (Å²) in [5.74, 6) is -1.02. The van der Waals surface area contributed by atoms with Gasteiger partial charge in [-0.15, -0.1) is 0 Å². The van der Waals surface area contributed by atoms with Gasteiger partial charge in [-0.2, -0.15) is 0 Å². The summed E-state index contributed by atoms with van der Waals surface area (Å²) >= 11 is 0. The van der Waals surface area contributed by atoms with Gasteiger partial charge in [-0.05, 0) is 25.1 Å². The summed E-state index contributed by atoms with van der Waals surface area (Å²) in [5.41, 5.74) is 0.805. The van der Waals surface area contributed by atoms with Crippen LogP contribution in [0.5, 0.6) is 0 Å². The summed E-state index contributed by atoms with van der Waals surface area (Å²) in [5, 5.41) is 8.81. The minimum atomic E-state index is -0.913. The number of carboxylic acids is 1. The van der Waals surface area contributed by atoms with E-state index in [2.05, 4.69) is 0 Å². The summed E-state index contributed by atoms with van der Waals surface area (Å²) < 4.78 is 0. The number of anilines is 1. The minimum Gasteiger partial charge on any atom is -0.480 e. The molecule has 0 aliphatic heterocycles. The highest BCUT2D eigenvalue weighted by Gasteiger charge is 2.16. The van der Waals surface area contributed by atoms with Gasteiger partial charge < -0.3 is 10.0 Å². The van der Waals surface area contributed by atoms with E-state index in [1.165, 1.54) is 0 Å². The fraction of sp³-hybridized carbons (Fsp3) is 0.429. The number of para-hydroxylation sites is 1. The standard InChI is InChI=1S/C14H20N2O3/c1-3-9-16(11-14(18)19)10-13(17)15(2)12-7-5-4-6-8-12/h4-8H,3,9-11H2,1-2H3,(H,18,19). The van der Waals surface area contributed by atoms with Crippen LogP contribution in [0.25, 0.3) is 0 Å². The van der Waals surface area contributed by atoms with Crippen LogP contribution in [-0.4, -0.2) is 48.6 Å². The van der Waals surface area contributed by atoms with Crippen LogP contribution in [0.1, 0.15) is 13.3 Å². The van der Waals surface area contributed by atoms with E-state index in [1.54, 1.807) is 16.8 Å². The largest absolute Gasteiger partial charge is 0.480 e. The van der Waals surface area contributed by atoms with Gasteiger partial charge in [-0.25, -0.2) is 0 Å². The molecule has 0 atom stereocenters. The van der Waals surface area contributed by atoms with Crippen molar-refractivity contribution in [3.8, 4) is 0 Å². The van der Waals surface area contributed by atoms with Gasteiger partial charge in [0.25, 0.3) is 0 Å². The van der Waals surface area contributed by atoms with Crippen molar-refractivity contribution >= 4 is 17.6 Å². The lowest BCUT2D eigenvalue weighted by Crippen LogP contribution is -2.41. The predicted molar refractivity (Wildman–Crippen MR) is 74.2 cm³/mol. The van der Waals surface area contributed by atoms with Crippen LogP contribution in [-0.2, 0) is 9.59 Å². The van der Waals surface area contributed by atoms with Gasteiger partial charge in [0.05, 0.1) is 13.1 Å². The molecule has 1 rings (SSSR count). The third-order valence-corrected chi connectivity index (χ3v) is 2.78. The number of nitrogens with zero attached hydrogens (tertiary/aromatic N) is 2. The molecular weight excluding hydrogens is 244 g/mol. The first-order valence-corrected chi connectivity index (χ1v) is 6.30. The van der Waals surface area contributed by atoms with Crippen molar-refractivity contribution in [2.75, 3.05) is 31.6 Å². The van der Waals surface area contributed by atoms with Crippen LogP contribution in [0.3, 0.4) is 0 Å². The zero-order chi connectivity index (χ0) is 14.3. The Kier molecular flexibility index (Phi) is 6.02.